The van der Waals surface area contributed by atoms with Gasteiger partial charge in [-0.15, -0.1) is 0 Å². The Labute approximate surface area is 122 Å². The average molecular weight is 290 g/mol. The van der Waals surface area contributed by atoms with Gasteiger partial charge in [-0.3, -0.25) is 4.98 Å². The second kappa shape index (κ2) is 6.19. The highest BCUT2D eigenvalue weighted by atomic mass is 16.5. The molecule has 1 fully saturated rings. The molecule has 1 aliphatic rings. The number of nitrogens with two attached hydrogens (primary N) is 1. The first-order valence-electron chi connectivity index (χ1n) is 6.97. The molecule has 2 N–H and O–H groups in total. The lowest BCUT2D eigenvalue weighted by molar-refractivity contribution is -0.00549. The van der Waals surface area contributed by atoms with Gasteiger partial charge in [0.25, 0.3) is 5.89 Å². The molecular weight excluding hydrogens is 272 g/mol. The highest BCUT2D eigenvalue weighted by Crippen LogP contribution is 2.28. The van der Waals surface area contributed by atoms with E-state index < -0.39 is 6.04 Å². The minimum atomic E-state index is -0.393. The average Bonchev–Trinajstić information content (AvgIpc) is 2.95. The minimum absolute atomic E-state index is 0.336. The van der Waals surface area contributed by atoms with Gasteiger partial charge in [0.2, 0.25) is 0 Å². The highest BCUT2D eigenvalue weighted by molar-refractivity contribution is 5.61. The summed E-state index contributed by atoms with van der Waals surface area (Å²) in [6.45, 7) is 0.400. The summed E-state index contributed by atoms with van der Waals surface area (Å²) in [7, 11) is 1.57. The maximum atomic E-state index is 6.03. The lowest BCUT2D eigenvalue weighted by Crippen LogP contribution is -2.27. The zero-order valence-electron chi connectivity index (χ0n) is 11.9. The number of nitrogens with zero attached hydrogens (tertiary/aromatic N) is 3. The number of aromatic nitrogens is 3. The zero-order chi connectivity index (χ0) is 14.7. The van der Waals surface area contributed by atoms with Gasteiger partial charge in [0.05, 0.1) is 37.6 Å². The van der Waals surface area contributed by atoms with Gasteiger partial charge in [-0.1, -0.05) is 5.16 Å². The summed E-state index contributed by atoms with van der Waals surface area (Å²) in [5, 5.41) is 3.92. The standard InChI is InChI=1S/C14H18N4O3/c1-19-12-7-16-6-5-10(12)14-17-13(18-21-14)11(15)8-20-9-3-2-4-9/h5-7,9,11H,2-4,8,15H2,1H3. The van der Waals surface area contributed by atoms with E-state index in [0.717, 1.165) is 12.8 Å². The first-order valence-corrected chi connectivity index (χ1v) is 6.97. The van der Waals surface area contributed by atoms with Crippen molar-refractivity contribution < 1.29 is 14.0 Å². The van der Waals surface area contributed by atoms with Crippen LogP contribution in [0.5, 0.6) is 5.75 Å². The summed E-state index contributed by atoms with van der Waals surface area (Å²) < 4.78 is 16.2. The predicted octanol–water partition coefficient (Wildman–Crippen LogP) is 1.71. The lowest BCUT2D eigenvalue weighted by Gasteiger charge is -2.26. The molecule has 0 amide bonds. The van der Waals surface area contributed by atoms with E-state index in [2.05, 4.69) is 15.1 Å². The topological polar surface area (TPSA) is 96.3 Å². The van der Waals surface area contributed by atoms with Crippen LogP contribution in [0.25, 0.3) is 11.5 Å². The quantitative estimate of drug-likeness (QED) is 0.865. The van der Waals surface area contributed by atoms with Crippen LogP contribution in [0.4, 0.5) is 0 Å². The van der Waals surface area contributed by atoms with E-state index in [-0.39, 0.29) is 0 Å². The van der Waals surface area contributed by atoms with Crippen LogP contribution in [0.1, 0.15) is 31.1 Å². The van der Waals surface area contributed by atoms with Crippen molar-refractivity contribution in [3.8, 4) is 17.2 Å². The van der Waals surface area contributed by atoms with Crippen LogP contribution in [0, 0.1) is 0 Å². The van der Waals surface area contributed by atoms with E-state index in [4.69, 9.17) is 19.7 Å². The molecule has 1 saturated carbocycles. The highest BCUT2D eigenvalue weighted by Gasteiger charge is 2.22. The van der Waals surface area contributed by atoms with Crippen LogP contribution in [-0.4, -0.2) is 34.9 Å². The SMILES string of the molecule is COc1cnccc1-c1nc(C(N)COC2CCC2)no1. The molecular formula is C14H18N4O3. The third-order valence-corrected chi connectivity index (χ3v) is 3.57. The second-order valence-electron chi connectivity index (χ2n) is 5.03. The summed E-state index contributed by atoms with van der Waals surface area (Å²) in [6, 6.07) is 1.36. The monoisotopic (exact) mass is 290 g/mol. The van der Waals surface area contributed by atoms with Gasteiger partial charge in [0.1, 0.15) is 5.75 Å². The van der Waals surface area contributed by atoms with Gasteiger partial charge >= 0.3 is 0 Å². The number of ether oxygens (including phenoxy) is 2. The fourth-order valence-corrected chi connectivity index (χ4v) is 2.07. The molecule has 0 saturated heterocycles. The minimum Gasteiger partial charge on any atom is -0.494 e. The summed E-state index contributed by atoms with van der Waals surface area (Å²) in [6.07, 6.45) is 7.02. The lowest BCUT2D eigenvalue weighted by atomic mass is 9.96. The summed E-state index contributed by atoms with van der Waals surface area (Å²) in [5.74, 6) is 1.37. The molecule has 0 spiro atoms. The number of rotatable bonds is 6. The van der Waals surface area contributed by atoms with E-state index in [1.165, 1.54) is 6.42 Å². The van der Waals surface area contributed by atoms with Crippen molar-refractivity contribution in [1.29, 1.82) is 0 Å². The molecule has 0 aromatic carbocycles. The molecule has 21 heavy (non-hydrogen) atoms. The summed E-state index contributed by atoms with van der Waals surface area (Å²) >= 11 is 0. The molecule has 2 aromatic heterocycles. The van der Waals surface area contributed by atoms with Gasteiger partial charge in [-0.25, -0.2) is 0 Å². The van der Waals surface area contributed by atoms with Gasteiger partial charge < -0.3 is 19.7 Å². The molecule has 7 nitrogen and oxygen atoms in total. The van der Waals surface area contributed by atoms with Gasteiger partial charge in [0.15, 0.2) is 5.82 Å². The molecule has 112 valence electrons. The maximum absolute atomic E-state index is 6.03. The molecule has 2 heterocycles. The summed E-state index contributed by atoms with van der Waals surface area (Å²) in [4.78, 5) is 8.31. The Morgan fingerprint density at radius 1 is 1.48 bits per heavy atom. The largest absolute Gasteiger partial charge is 0.494 e. The van der Waals surface area contributed by atoms with Crippen molar-refractivity contribution in [2.45, 2.75) is 31.4 Å². The number of hydrogen-bond donors (Lipinski definition) is 1. The fraction of sp³-hybridized carbons (Fsp3) is 0.500. The number of hydrogen-bond acceptors (Lipinski definition) is 7. The van der Waals surface area contributed by atoms with Crippen LogP contribution in [0.15, 0.2) is 23.0 Å². The number of methoxy groups -OCH3 is 1. The Hall–Kier alpha value is -1.99. The van der Waals surface area contributed by atoms with E-state index >= 15 is 0 Å². The first kappa shape index (κ1) is 14.0. The van der Waals surface area contributed by atoms with Crippen molar-refractivity contribution >= 4 is 0 Å². The van der Waals surface area contributed by atoms with Crippen molar-refractivity contribution in [2.24, 2.45) is 5.73 Å². The Kier molecular flexibility index (Phi) is 4.12. The van der Waals surface area contributed by atoms with Crippen molar-refractivity contribution in [3.63, 3.8) is 0 Å². The first-order chi connectivity index (χ1) is 10.3. The molecule has 1 atom stereocenters. The molecule has 7 heteroatoms. The smallest absolute Gasteiger partial charge is 0.261 e. The second-order valence-corrected chi connectivity index (χ2v) is 5.03. The van der Waals surface area contributed by atoms with E-state index in [0.29, 0.717) is 35.7 Å². The fourth-order valence-electron chi connectivity index (χ4n) is 2.07. The maximum Gasteiger partial charge on any atom is 0.261 e. The predicted molar refractivity (Wildman–Crippen MR) is 74.6 cm³/mol. The molecule has 3 rings (SSSR count). The third-order valence-electron chi connectivity index (χ3n) is 3.57. The van der Waals surface area contributed by atoms with Gasteiger partial charge in [0, 0.05) is 6.20 Å². The van der Waals surface area contributed by atoms with Crippen molar-refractivity contribution in [2.75, 3.05) is 13.7 Å². The van der Waals surface area contributed by atoms with Crippen molar-refractivity contribution in [1.82, 2.24) is 15.1 Å². The Morgan fingerprint density at radius 3 is 3.05 bits per heavy atom. The Balaban J connectivity index is 1.70. The molecule has 2 aromatic rings. The summed E-state index contributed by atoms with van der Waals surface area (Å²) in [5.41, 5.74) is 6.72. The van der Waals surface area contributed by atoms with Crippen molar-refractivity contribution in [3.05, 3.63) is 24.3 Å². The number of pyridine rings is 1. The molecule has 0 radical (unpaired) electrons. The van der Waals surface area contributed by atoms with Crippen LogP contribution >= 0.6 is 0 Å². The van der Waals surface area contributed by atoms with E-state index in [9.17, 15) is 0 Å². The molecule has 0 bridgehead atoms. The molecule has 0 aliphatic heterocycles. The normalized spacial score (nSPS) is 16.5. The van der Waals surface area contributed by atoms with Crippen LogP contribution in [0.2, 0.25) is 0 Å². The van der Waals surface area contributed by atoms with E-state index in [1.807, 2.05) is 0 Å². The van der Waals surface area contributed by atoms with E-state index in [1.54, 1.807) is 25.6 Å². The van der Waals surface area contributed by atoms with Crippen LogP contribution < -0.4 is 10.5 Å². The van der Waals surface area contributed by atoms with Gasteiger partial charge in [-0.05, 0) is 25.3 Å². The third kappa shape index (κ3) is 3.03. The van der Waals surface area contributed by atoms with Crippen LogP contribution in [0.3, 0.4) is 0 Å². The Bertz CT molecular complexity index is 597. The van der Waals surface area contributed by atoms with Gasteiger partial charge in [-0.2, -0.15) is 4.98 Å². The zero-order valence-corrected chi connectivity index (χ0v) is 11.9. The molecule has 1 unspecified atom stereocenters. The Morgan fingerprint density at radius 2 is 2.33 bits per heavy atom. The molecule has 1 aliphatic carbocycles. The van der Waals surface area contributed by atoms with Crippen LogP contribution in [-0.2, 0) is 4.74 Å².